The van der Waals surface area contributed by atoms with Crippen molar-refractivity contribution in [3.05, 3.63) is 71.4 Å². The van der Waals surface area contributed by atoms with Gasteiger partial charge in [0.25, 0.3) is 0 Å². The quantitative estimate of drug-likeness (QED) is 0.785. The largest absolute Gasteiger partial charge is 0.325 e. The molecule has 8 heteroatoms. The minimum absolute atomic E-state index is 0.211. The number of amides is 1. The first-order valence-electron chi connectivity index (χ1n) is 9.39. The summed E-state index contributed by atoms with van der Waals surface area (Å²) in [5, 5.41) is 3.98. The number of nitrogens with one attached hydrogen (secondary N) is 1. The van der Waals surface area contributed by atoms with Crippen molar-refractivity contribution in [1.29, 1.82) is 0 Å². The van der Waals surface area contributed by atoms with Gasteiger partial charge >= 0.3 is 0 Å². The number of piperazine rings is 1. The van der Waals surface area contributed by atoms with E-state index in [0.717, 1.165) is 5.56 Å². The van der Waals surface area contributed by atoms with Crippen LogP contribution in [0.25, 0.3) is 6.08 Å². The van der Waals surface area contributed by atoms with E-state index in [2.05, 4.69) is 5.32 Å². The molecule has 1 fully saturated rings. The molecule has 0 radical (unpaired) electrons. The van der Waals surface area contributed by atoms with Gasteiger partial charge in [0.1, 0.15) is 5.82 Å². The molecule has 0 aliphatic carbocycles. The number of rotatable bonds is 6. The lowest BCUT2D eigenvalue weighted by atomic mass is 10.2. The molecule has 29 heavy (non-hydrogen) atoms. The molecular formula is C21H24FN3O3S. The third-order valence-corrected chi connectivity index (χ3v) is 6.47. The highest BCUT2D eigenvalue weighted by atomic mass is 32.2. The van der Waals surface area contributed by atoms with Crippen LogP contribution in [-0.4, -0.2) is 55.8 Å². The fourth-order valence-corrected chi connectivity index (χ4v) is 4.28. The van der Waals surface area contributed by atoms with Gasteiger partial charge in [-0.15, -0.1) is 0 Å². The SMILES string of the molecule is C[C@@H](C(=O)Nc1ccc(F)cc1)N1CCN(S(=O)(=O)/C=C/c2ccccc2)CC1. The Morgan fingerprint density at radius 3 is 2.28 bits per heavy atom. The van der Waals surface area contributed by atoms with Crippen LogP contribution in [0.4, 0.5) is 10.1 Å². The Bertz CT molecular complexity index is 954. The van der Waals surface area contributed by atoms with Crippen LogP contribution in [0, 0.1) is 5.82 Å². The number of nitrogens with zero attached hydrogens (tertiary/aromatic N) is 2. The van der Waals surface area contributed by atoms with Gasteiger partial charge < -0.3 is 5.32 Å². The molecule has 2 aromatic rings. The summed E-state index contributed by atoms with van der Waals surface area (Å²) in [6.07, 6.45) is 1.58. The van der Waals surface area contributed by atoms with Crippen molar-refractivity contribution in [3.63, 3.8) is 0 Å². The lowest BCUT2D eigenvalue weighted by molar-refractivity contribution is -0.121. The van der Waals surface area contributed by atoms with Crippen LogP contribution in [0.3, 0.4) is 0 Å². The predicted octanol–water partition coefficient (Wildman–Crippen LogP) is 2.77. The molecule has 2 aromatic carbocycles. The first kappa shape index (κ1) is 21.2. The zero-order valence-electron chi connectivity index (χ0n) is 16.2. The number of carbonyl (C=O) groups is 1. The Kier molecular flexibility index (Phi) is 6.79. The van der Waals surface area contributed by atoms with Crippen molar-refractivity contribution in [2.75, 3.05) is 31.5 Å². The number of halogens is 1. The molecule has 6 nitrogen and oxygen atoms in total. The van der Waals surface area contributed by atoms with Crippen molar-refractivity contribution < 1.29 is 17.6 Å². The lowest BCUT2D eigenvalue weighted by Gasteiger charge is -2.36. The van der Waals surface area contributed by atoms with Gasteiger partial charge in [0, 0.05) is 37.3 Å². The van der Waals surface area contributed by atoms with E-state index in [1.807, 2.05) is 35.2 Å². The van der Waals surface area contributed by atoms with Gasteiger partial charge in [0.15, 0.2) is 0 Å². The van der Waals surface area contributed by atoms with E-state index >= 15 is 0 Å². The molecule has 0 aromatic heterocycles. The summed E-state index contributed by atoms with van der Waals surface area (Å²) in [4.78, 5) is 14.4. The Balaban J connectivity index is 1.54. The molecule has 1 aliphatic heterocycles. The fraction of sp³-hybridized carbons (Fsp3) is 0.286. The molecule has 1 amide bonds. The van der Waals surface area contributed by atoms with Crippen LogP contribution in [0.1, 0.15) is 12.5 Å². The van der Waals surface area contributed by atoms with Crippen LogP contribution in [0.15, 0.2) is 60.0 Å². The van der Waals surface area contributed by atoms with Gasteiger partial charge in [-0.1, -0.05) is 30.3 Å². The number of sulfonamides is 1. The van der Waals surface area contributed by atoms with Crippen molar-refractivity contribution in [3.8, 4) is 0 Å². The predicted molar refractivity (Wildman–Crippen MR) is 112 cm³/mol. The molecule has 1 saturated heterocycles. The van der Waals surface area contributed by atoms with E-state index in [-0.39, 0.29) is 11.7 Å². The monoisotopic (exact) mass is 417 g/mol. The average Bonchev–Trinajstić information content (AvgIpc) is 2.74. The van der Waals surface area contributed by atoms with Gasteiger partial charge in [-0.2, -0.15) is 4.31 Å². The van der Waals surface area contributed by atoms with Crippen LogP contribution in [0.2, 0.25) is 0 Å². The lowest BCUT2D eigenvalue weighted by Crippen LogP contribution is -2.53. The summed E-state index contributed by atoms with van der Waals surface area (Å²) in [5.41, 5.74) is 1.34. The maximum Gasteiger partial charge on any atom is 0.241 e. The molecule has 0 spiro atoms. The maximum atomic E-state index is 13.0. The van der Waals surface area contributed by atoms with E-state index in [1.54, 1.807) is 13.0 Å². The highest BCUT2D eigenvalue weighted by Crippen LogP contribution is 2.15. The third-order valence-electron chi connectivity index (χ3n) is 4.90. The van der Waals surface area contributed by atoms with Crippen molar-refractivity contribution in [2.45, 2.75) is 13.0 Å². The van der Waals surface area contributed by atoms with E-state index in [9.17, 15) is 17.6 Å². The number of carbonyl (C=O) groups excluding carboxylic acids is 1. The van der Waals surface area contributed by atoms with Crippen LogP contribution >= 0.6 is 0 Å². The van der Waals surface area contributed by atoms with Gasteiger partial charge in [0.2, 0.25) is 15.9 Å². The van der Waals surface area contributed by atoms with Crippen molar-refractivity contribution in [1.82, 2.24) is 9.21 Å². The fourth-order valence-electron chi connectivity index (χ4n) is 3.11. The molecular weight excluding hydrogens is 393 g/mol. The van der Waals surface area contributed by atoms with Gasteiger partial charge in [-0.3, -0.25) is 9.69 Å². The standard InChI is InChI=1S/C21H24FN3O3S/c1-17(21(26)23-20-9-7-19(22)8-10-20)24-12-14-25(15-13-24)29(27,28)16-11-18-5-3-2-4-6-18/h2-11,16-17H,12-15H2,1H3,(H,23,26)/b16-11+/t17-/m0/s1. The van der Waals surface area contributed by atoms with Gasteiger partial charge in [-0.05, 0) is 42.8 Å². The number of anilines is 1. The summed E-state index contributed by atoms with van der Waals surface area (Å²) in [6, 6.07) is 14.4. The molecule has 0 bridgehead atoms. The summed E-state index contributed by atoms with van der Waals surface area (Å²) < 4.78 is 39.5. The molecule has 1 aliphatic rings. The first-order chi connectivity index (χ1) is 13.8. The molecule has 154 valence electrons. The normalized spacial score (nSPS) is 17.3. The minimum atomic E-state index is -3.51. The van der Waals surface area contributed by atoms with E-state index < -0.39 is 16.1 Å². The third kappa shape index (κ3) is 5.72. The van der Waals surface area contributed by atoms with E-state index in [0.29, 0.717) is 31.9 Å². The van der Waals surface area contributed by atoms with Crippen LogP contribution in [0.5, 0.6) is 0 Å². The van der Waals surface area contributed by atoms with E-state index in [4.69, 9.17) is 0 Å². The highest BCUT2D eigenvalue weighted by molar-refractivity contribution is 7.92. The highest BCUT2D eigenvalue weighted by Gasteiger charge is 2.29. The molecule has 0 unspecified atom stereocenters. The zero-order chi connectivity index (χ0) is 20.9. The van der Waals surface area contributed by atoms with Crippen LogP contribution < -0.4 is 5.32 Å². The van der Waals surface area contributed by atoms with Crippen LogP contribution in [-0.2, 0) is 14.8 Å². The van der Waals surface area contributed by atoms with E-state index in [1.165, 1.54) is 34.0 Å². The molecule has 1 N–H and O–H groups in total. The Morgan fingerprint density at radius 1 is 1.03 bits per heavy atom. The second-order valence-corrected chi connectivity index (χ2v) is 8.68. The Morgan fingerprint density at radius 2 is 1.66 bits per heavy atom. The Labute approximate surface area is 170 Å². The smallest absolute Gasteiger partial charge is 0.241 e. The average molecular weight is 418 g/mol. The summed E-state index contributed by atoms with van der Waals surface area (Å²) in [7, 11) is -3.51. The summed E-state index contributed by atoms with van der Waals surface area (Å²) in [6.45, 7) is 3.32. The number of benzene rings is 2. The summed E-state index contributed by atoms with van der Waals surface area (Å²) in [5.74, 6) is -0.577. The first-order valence-corrected chi connectivity index (χ1v) is 10.9. The van der Waals surface area contributed by atoms with Crippen molar-refractivity contribution >= 4 is 27.7 Å². The van der Waals surface area contributed by atoms with Gasteiger partial charge in [-0.25, -0.2) is 12.8 Å². The second kappa shape index (κ2) is 9.30. The molecule has 0 saturated carbocycles. The topological polar surface area (TPSA) is 69.7 Å². The zero-order valence-corrected chi connectivity index (χ0v) is 17.0. The van der Waals surface area contributed by atoms with Gasteiger partial charge in [0.05, 0.1) is 6.04 Å². The summed E-state index contributed by atoms with van der Waals surface area (Å²) >= 11 is 0. The maximum absolute atomic E-state index is 13.0. The molecule has 3 rings (SSSR count). The number of hydrogen-bond donors (Lipinski definition) is 1. The number of hydrogen-bond acceptors (Lipinski definition) is 4. The minimum Gasteiger partial charge on any atom is -0.325 e. The molecule has 1 atom stereocenters. The molecule has 1 heterocycles. The van der Waals surface area contributed by atoms with Crippen molar-refractivity contribution in [2.24, 2.45) is 0 Å². The second-order valence-electron chi connectivity index (χ2n) is 6.87. The Hall–Kier alpha value is -2.55.